The van der Waals surface area contributed by atoms with E-state index in [1.54, 1.807) is 31.2 Å². The Morgan fingerprint density at radius 1 is 0.903 bits per heavy atom. The van der Waals surface area contributed by atoms with Crippen LogP contribution in [0.5, 0.6) is 0 Å². The van der Waals surface area contributed by atoms with Crippen molar-refractivity contribution >= 4 is 32.4 Å². The monoisotopic (exact) mass is 433 g/mol. The van der Waals surface area contributed by atoms with E-state index in [1.807, 2.05) is 30.3 Å². The average molecular weight is 433 g/mol. The van der Waals surface area contributed by atoms with Gasteiger partial charge in [0.25, 0.3) is 5.91 Å². The summed E-state index contributed by atoms with van der Waals surface area (Å²) in [7, 11) is -3.55. The summed E-state index contributed by atoms with van der Waals surface area (Å²) in [5.74, 6) is -0.192. The third kappa shape index (κ3) is 3.87. The van der Waals surface area contributed by atoms with E-state index < -0.39 is 15.7 Å². The maximum Gasteiger partial charge on any atom is 0.259 e. The Balaban J connectivity index is 1.87. The van der Waals surface area contributed by atoms with Gasteiger partial charge in [-0.15, -0.1) is 0 Å². The van der Waals surface area contributed by atoms with Crippen molar-refractivity contribution in [3.8, 4) is 11.3 Å². The van der Waals surface area contributed by atoms with Crippen LogP contribution in [0.3, 0.4) is 0 Å². The standard InChI is InChI=1S/C24H19NO5S/c1-15-21(26)17-11-8-12-18(23(17)30-22(15)16-9-4-3-5-10-16)24(27)25-19-13-6-7-14-20(19)31(2,28)29/h3-14H,1-2H3,(H,25,27). The van der Waals surface area contributed by atoms with E-state index in [2.05, 4.69) is 5.32 Å². The predicted molar refractivity (Wildman–Crippen MR) is 120 cm³/mol. The molecule has 0 saturated heterocycles. The largest absolute Gasteiger partial charge is 0.455 e. The molecule has 156 valence electrons. The fraction of sp³-hybridized carbons (Fsp3) is 0.0833. The quantitative estimate of drug-likeness (QED) is 0.514. The molecule has 7 heteroatoms. The fourth-order valence-electron chi connectivity index (χ4n) is 3.44. The van der Waals surface area contributed by atoms with Crippen molar-refractivity contribution in [1.29, 1.82) is 0 Å². The maximum absolute atomic E-state index is 13.1. The highest BCUT2D eigenvalue weighted by Crippen LogP contribution is 2.28. The van der Waals surface area contributed by atoms with Gasteiger partial charge in [-0.05, 0) is 31.2 Å². The van der Waals surface area contributed by atoms with Crippen molar-refractivity contribution in [3.63, 3.8) is 0 Å². The molecule has 0 aliphatic heterocycles. The van der Waals surface area contributed by atoms with Crippen LogP contribution >= 0.6 is 0 Å². The molecule has 4 aromatic rings. The summed E-state index contributed by atoms with van der Waals surface area (Å²) in [5.41, 5.74) is 1.37. The minimum Gasteiger partial charge on any atom is -0.455 e. The SMILES string of the molecule is Cc1c(-c2ccccc2)oc2c(C(=O)Nc3ccccc3S(C)(=O)=O)cccc2c1=O. The Bertz CT molecular complexity index is 1470. The lowest BCUT2D eigenvalue weighted by molar-refractivity contribution is 0.102. The van der Waals surface area contributed by atoms with Crippen LogP contribution in [0.15, 0.2) is 86.9 Å². The Morgan fingerprint density at radius 3 is 2.29 bits per heavy atom. The van der Waals surface area contributed by atoms with Crippen molar-refractivity contribution in [2.75, 3.05) is 11.6 Å². The zero-order chi connectivity index (χ0) is 22.2. The third-order valence-electron chi connectivity index (χ3n) is 4.96. The number of para-hydroxylation sites is 2. The van der Waals surface area contributed by atoms with E-state index in [9.17, 15) is 18.0 Å². The minimum atomic E-state index is -3.55. The van der Waals surface area contributed by atoms with Crippen molar-refractivity contribution in [3.05, 3.63) is 94.1 Å². The maximum atomic E-state index is 13.1. The number of carbonyl (C=O) groups excluding carboxylic acids is 1. The van der Waals surface area contributed by atoms with Gasteiger partial charge >= 0.3 is 0 Å². The minimum absolute atomic E-state index is 0.00542. The normalized spacial score (nSPS) is 11.4. The van der Waals surface area contributed by atoms with Crippen molar-refractivity contribution < 1.29 is 17.6 Å². The Labute approximate surface area is 179 Å². The molecule has 0 saturated carbocycles. The van der Waals surface area contributed by atoms with Crippen LogP contribution in [0, 0.1) is 6.92 Å². The molecule has 0 unspecified atom stereocenters. The molecule has 3 aromatic carbocycles. The second-order valence-electron chi connectivity index (χ2n) is 7.16. The van der Waals surface area contributed by atoms with Crippen molar-refractivity contribution in [2.45, 2.75) is 11.8 Å². The lowest BCUT2D eigenvalue weighted by Gasteiger charge is -2.12. The van der Waals surface area contributed by atoms with Gasteiger partial charge in [0.05, 0.1) is 21.5 Å². The number of benzene rings is 3. The van der Waals surface area contributed by atoms with E-state index in [0.717, 1.165) is 11.8 Å². The first kappa shape index (κ1) is 20.6. The Morgan fingerprint density at radius 2 is 1.58 bits per heavy atom. The number of hydrogen-bond acceptors (Lipinski definition) is 5. The summed E-state index contributed by atoms with van der Waals surface area (Å²) in [6.07, 6.45) is 1.07. The van der Waals surface area contributed by atoms with Crippen molar-refractivity contribution in [2.24, 2.45) is 0 Å². The number of carbonyl (C=O) groups is 1. The predicted octanol–water partition coefficient (Wildman–Crippen LogP) is 4.42. The summed E-state index contributed by atoms with van der Waals surface area (Å²) < 4.78 is 30.2. The molecule has 4 rings (SSSR count). The molecule has 1 aromatic heterocycles. The molecule has 0 fully saturated rings. The number of fused-ring (bicyclic) bond motifs is 1. The van der Waals surface area contributed by atoms with Gasteiger partial charge in [0.15, 0.2) is 20.8 Å². The molecule has 1 amide bonds. The number of nitrogens with one attached hydrogen (secondary N) is 1. The van der Waals surface area contributed by atoms with E-state index >= 15 is 0 Å². The second-order valence-corrected chi connectivity index (χ2v) is 9.14. The number of anilines is 1. The summed E-state index contributed by atoms with van der Waals surface area (Å²) in [6.45, 7) is 1.68. The molecule has 0 bridgehead atoms. The van der Waals surface area contributed by atoms with Gasteiger partial charge in [0, 0.05) is 17.4 Å². The zero-order valence-corrected chi connectivity index (χ0v) is 17.7. The van der Waals surface area contributed by atoms with Gasteiger partial charge in [-0.25, -0.2) is 8.42 Å². The van der Waals surface area contributed by atoms with E-state index in [1.165, 1.54) is 18.2 Å². The van der Waals surface area contributed by atoms with Crippen LogP contribution in [0.25, 0.3) is 22.3 Å². The third-order valence-corrected chi connectivity index (χ3v) is 6.12. The van der Waals surface area contributed by atoms with Crippen LogP contribution in [-0.4, -0.2) is 20.6 Å². The topological polar surface area (TPSA) is 93.4 Å². The highest BCUT2D eigenvalue weighted by Gasteiger charge is 2.20. The summed E-state index contributed by atoms with van der Waals surface area (Å²) in [4.78, 5) is 26.1. The van der Waals surface area contributed by atoms with Crippen LogP contribution in [-0.2, 0) is 9.84 Å². The molecular formula is C24H19NO5S. The first-order valence-corrected chi connectivity index (χ1v) is 11.4. The van der Waals surface area contributed by atoms with Gasteiger partial charge in [0.2, 0.25) is 0 Å². The molecule has 0 radical (unpaired) electrons. The molecule has 0 spiro atoms. The van der Waals surface area contributed by atoms with E-state index in [0.29, 0.717) is 11.3 Å². The lowest BCUT2D eigenvalue weighted by atomic mass is 10.0. The summed E-state index contributed by atoms with van der Waals surface area (Å²) in [6, 6.07) is 20.0. The zero-order valence-electron chi connectivity index (χ0n) is 16.9. The first-order valence-electron chi connectivity index (χ1n) is 9.49. The molecule has 1 heterocycles. The smallest absolute Gasteiger partial charge is 0.259 e. The van der Waals surface area contributed by atoms with E-state index in [4.69, 9.17) is 4.42 Å². The first-order chi connectivity index (χ1) is 14.8. The fourth-order valence-corrected chi connectivity index (χ4v) is 4.28. The molecule has 0 aliphatic carbocycles. The highest BCUT2D eigenvalue weighted by molar-refractivity contribution is 7.90. The molecular weight excluding hydrogens is 414 g/mol. The molecule has 0 aliphatic rings. The lowest BCUT2D eigenvalue weighted by Crippen LogP contribution is -2.16. The Hall–Kier alpha value is -3.71. The number of sulfone groups is 1. The second kappa shape index (κ2) is 7.85. The van der Waals surface area contributed by atoms with Crippen LogP contribution in [0.2, 0.25) is 0 Å². The van der Waals surface area contributed by atoms with Crippen LogP contribution in [0.4, 0.5) is 5.69 Å². The number of rotatable bonds is 4. The summed E-state index contributed by atoms with van der Waals surface area (Å²) in [5, 5.41) is 2.92. The van der Waals surface area contributed by atoms with Crippen LogP contribution < -0.4 is 10.7 Å². The molecule has 31 heavy (non-hydrogen) atoms. The molecule has 0 atom stereocenters. The van der Waals surface area contributed by atoms with Gasteiger partial charge in [-0.3, -0.25) is 9.59 Å². The number of hydrogen-bond donors (Lipinski definition) is 1. The van der Waals surface area contributed by atoms with E-state index in [-0.39, 0.29) is 32.5 Å². The Kier molecular flexibility index (Phi) is 5.20. The van der Waals surface area contributed by atoms with Gasteiger partial charge in [-0.2, -0.15) is 0 Å². The van der Waals surface area contributed by atoms with Gasteiger partial charge < -0.3 is 9.73 Å². The molecule has 6 nitrogen and oxygen atoms in total. The van der Waals surface area contributed by atoms with Gasteiger partial charge in [-0.1, -0.05) is 48.5 Å². The molecule has 1 N–H and O–H groups in total. The average Bonchev–Trinajstić information content (AvgIpc) is 2.76. The van der Waals surface area contributed by atoms with Gasteiger partial charge in [0.1, 0.15) is 5.76 Å². The summed E-state index contributed by atoms with van der Waals surface area (Å²) >= 11 is 0. The van der Waals surface area contributed by atoms with Crippen LogP contribution in [0.1, 0.15) is 15.9 Å². The highest BCUT2D eigenvalue weighted by atomic mass is 32.2. The number of amides is 1. The van der Waals surface area contributed by atoms with Crippen molar-refractivity contribution in [1.82, 2.24) is 0 Å².